The monoisotopic (exact) mass is 260 g/mol. The normalized spacial score (nSPS) is 12.7. The average Bonchev–Trinajstić information content (AvgIpc) is 2.69. The van der Waals surface area contributed by atoms with Gasteiger partial charge in [-0.2, -0.15) is 0 Å². The molecule has 2 N–H and O–H groups in total. The highest BCUT2D eigenvalue weighted by Crippen LogP contribution is 2.28. The molecule has 2 rings (SSSR count). The maximum Gasteiger partial charge on any atom is 0.0900 e. The van der Waals surface area contributed by atoms with Crippen molar-refractivity contribution in [1.29, 1.82) is 0 Å². The van der Waals surface area contributed by atoms with E-state index in [2.05, 4.69) is 36.2 Å². The number of benzene rings is 1. The first kappa shape index (κ1) is 13.2. The molecule has 1 atom stereocenters. The van der Waals surface area contributed by atoms with Crippen molar-refractivity contribution in [2.75, 3.05) is 0 Å². The molecule has 0 aliphatic rings. The summed E-state index contributed by atoms with van der Waals surface area (Å²) in [5, 5.41) is 1.08. The molecule has 0 radical (unpaired) electrons. The van der Waals surface area contributed by atoms with E-state index in [4.69, 9.17) is 5.73 Å². The minimum Gasteiger partial charge on any atom is -0.320 e. The van der Waals surface area contributed by atoms with Gasteiger partial charge in [-0.3, -0.25) is 0 Å². The smallest absolute Gasteiger partial charge is 0.0900 e. The van der Waals surface area contributed by atoms with Gasteiger partial charge in [-0.05, 0) is 31.4 Å². The Bertz CT molecular complexity index is 514. The first-order chi connectivity index (χ1) is 8.61. The molecule has 2 nitrogen and oxygen atoms in total. The first-order valence-corrected chi connectivity index (χ1v) is 7.21. The fraction of sp³-hybridized carbons (Fsp3) is 0.400. The standard InChI is InChI=1S/C15H20N2S/c1-4-5-12-6-8-13(9-7-12)14(16)15-10(2)17-11(3)18-15/h6-9,14H,4-5,16H2,1-3H3. The lowest BCUT2D eigenvalue weighted by molar-refractivity contribution is 0.870. The molecule has 0 saturated heterocycles. The van der Waals surface area contributed by atoms with E-state index in [1.54, 1.807) is 11.3 Å². The highest BCUT2D eigenvalue weighted by Gasteiger charge is 2.15. The van der Waals surface area contributed by atoms with Gasteiger partial charge in [0.25, 0.3) is 0 Å². The number of aryl methyl sites for hydroxylation is 3. The summed E-state index contributed by atoms with van der Waals surface area (Å²) in [5.41, 5.74) is 9.93. The van der Waals surface area contributed by atoms with Gasteiger partial charge in [0.05, 0.1) is 16.7 Å². The maximum absolute atomic E-state index is 6.32. The molecule has 0 aliphatic carbocycles. The third-order valence-electron chi connectivity index (χ3n) is 3.10. The van der Waals surface area contributed by atoms with Gasteiger partial charge in [-0.15, -0.1) is 11.3 Å². The zero-order valence-corrected chi connectivity index (χ0v) is 12.1. The van der Waals surface area contributed by atoms with Gasteiger partial charge in [0.1, 0.15) is 0 Å². The second-order valence-corrected chi connectivity index (χ2v) is 5.89. The predicted octanol–water partition coefficient (Wildman–Crippen LogP) is 3.76. The number of nitrogens with zero attached hydrogens (tertiary/aromatic N) is 1. The molecule has 1 heterocycles. The van der Waals surface area contributed by atoms with Crippen LogP contribution < -0.4 is 5.73 Å². The third kappa shape index (κ3) is 2.79. The van der Waals surface area contributed by atoms with Gasteiger partial charge >= 0.3 is 0 Å². The van der Waals surface area contributed by atoms with Crippen LogP contribution in [0.2, 0.25) is 0 Å². The Morgan fingerprint density at radius 3 is 2.39 bits per heavy atom. The molecule has 2 aromatic rings. The fourth-order valence-electron chi connectivity index (χ4n) is 2.17. The molecule has 0 spiro atoms. The summed E-state index contributed by atoms with van der Waals surface area (Å²) >= 11 is 1.70. The number of thiazole rings is 1. The zero-order valence-electron chi connectivity index (χ0n) is 11.2. The van der Waals surface area contributed by atoms with Crippen LogP contribution in [-0.4, -0.2) is 4.98 Å². The van der Waals surface area contributed by atoms with Gasteiger partial charge in [0.15, 0.2) is 0 Å². The minimum atomic E-state index is -0.0492. The van der Waals surface area contributed by atoms with Crippen molar-refractivity contribution < 1.29 is 0 Å². The van der Waals surface area contributed by atoms with Crippen LogP contribution >= 0.6 is 11.3 Å². The quantitative estimate of drug-likeness (QED) is 0.909. The van der Waals surface area contributed by atoms with Crippen molar-refractivity contribution in [1.82, 2.24) is 4.98 Å². The second-order valence-electron chi connectivity index (χ2n) is 4.65. The summed E-state index contributed by atoms with van der Waals surface area (Å²) in [5.74, 6) is 0. The van der Waals surface area contributed by atoms with E-state index in [1.807, 2.05) is 13.8 Å². The van der Waals surface area contributed by atoms with E-state index in [9.17, 15) is 0 Å². The highest BCUT2D eigenvalue weighted by molar-refractivity contribution is 7.11. The third-order valence-corrected chi connectivity index (χ3v) is 4.26. The first-order valence-electron chi connectivity index (χ1n) is 6.40. The lowest BCUT2D eigenvalue weighted by Gasteiger charge is -2.11. The van der Waals surface area contributed by atoms with Crippen LogP contribution in [0, 0.1) is 13.8 Å². The number of hydrogen-bond acceptors (Lipinski definition) is 3. The van der Waals surface area contributed by atoms with Crippen LogP contribution in [0.1, 0.15) is 46.1 Å². The van der Waals surface area contributed by atoms with Crippen LogP contribution in [0.25, 0.3) is 0 Å². The molecule has 0 amide bonds. The number of rotatable bonds is 4. The zero-order chi connectivity index (χ0) is 13.1. The Labute approximate surface area is 113 Å². The van der Waals surface area contributed by atoms with Crippen molar-refractivity contribution >= 4 is 11.3 Å². The van der Waals surface area contributed by atoms with Gasteiger partial charge in [-0.25, -0.2) is 4.98 Å². The molecule has 0 bridgehead atoms. The topological polar surface area (TPSA) is 38.9 Å². The Morgan fingerprint density at radius 2 is 1.89 bits per heavy atom. The number of nitrogens with two attached hydrogens (primary N) is 1. The van der Waals surface area contributed by atoms with Crippen LogP contribution in [0.5, 0.6) is 0 Å². The number of aromatic nitrogens is 1. The van der Waals surface area contributed by atoms with Crippen molar-refractivity contribution in [3.05, 3.63) is 51.0 Å². The molecule has 96 valence electrons. The summed E-state index contributed by atoms with van der Waals surface area (Å²) in [6.07, 6.45) is 2.31. The fourth-order valence-corrected chi connectivity index (χ4v) is 3.12. The molecular weight excluding hydrogens is 240 g/mol. The lowest BCUT2D eigenvalue weighted by Crippen LogP contribution is -2.11. The van der Waals surface area contributed by atoms with E-state index >= 15 is 0 Å². The molecule has 1 aromatic heterocycles. The van der Waals surface area contributed by atoms with Crippen molar-refractivity contribution in [3.63, 3.8) is 0 Å². The molecule has 1 unspecified atom stereocenters. The molecule has 18 heavy (non-hydrogen) atoms. The van der Waals surface area contributed by atoms with E-state index in [0.717, 1.165) is 17.1 Å². The Balaban J connectivity index is 2.23. The van der Waals surface area contributed by atoms with Crippen molar-refractivity contribution in [2.45, 2.75) is 39.7 Å². The number of hydrogen-bond donors (Lipinski definition) is 1. The maximum atomic E-state index is 6.32. The van der Waals surface area contributed by atoms with Crippen molar-refractivity contribution in [3.8, 4) is 0 Å². The summed E-state index contributed by atoms with van der Waals surface area (Å²) < 4.78 is 0. The van der Waals surface area contributed by atoms with Crippen LogP contribution in [0.15, 0.2) is 24.3 Å². The average molecular weight is 260 g/mol. The van der Waals surface area contributed by atoms with Crippen LogP contribution in [-0.2, 0) is 6.42 Å². The van der Waals surface area contributed by atoms with Crippen molar-refractivity contribution in [2.24, 2.45) is 5.73 Å². The van der Waals surface area contributed by atoms with Gasteiger partial charge < -0.3 is 5.73 Å². The van der Waals surface area contributed by atoms with Crippen LogP contribution in [0.4, 0.5) is 0 Å². The van der Waals surface area contributed by atoms with Gasteiger partial charge in [0, 0.05) is 4.88 Å². The van der Waals surface area contributed by atoms with E-state index in [1.165, 1.54) is 22.4 Å². The Kier molecular flexibility index (Phi) is 4.15. The Morgan fingerprint density at radius 1 is 1.22 bits per heavy atom. The SMILES string of the molecule is CCCc1ccc(C(N)c2sc(C)nc2C)cc1. The lowest BCUT2D eigenvalue weighted by atomic mass is 10.0. The van der Waals surface area contributed by atoms with Crippen LogP contribution in [0.3, 0.4) is 0 Å². The summed E-state index contributed by atoms with van der Waals surface area (Å²) in [4.78, 5) is 5.62. The highest BCUT2D eigenvalue weighted by atomic mass is 32.1. The predicted molar refractivity (Wildman–Crippen MR) is 78.1 cm³/mol. The molecular formula is C15H20N2S. The molecule has 3 heteroatoms. The van der Waals surface area contributed by atoms with E-state index < -0.39 is 0 Å². The molecule has 0 saturated carbocycles. The Hall–Kier alpha value is -1.19. The summed E-state index contributed by atoms with van der Waals surface area (Å²) in [7, 11) is 0. The molecule has 1 aromatic carbocycles. The van der Waals surface area contributed by atoms with E-state index in [-0.39, 0.29) is 6.04 Å². The molecule has 0 aliphatic heterocycles. The summed E-state index contributed by atoms with van der Waals surface area (Å²) in [6.45, 7) is 6.26. The van der Waals surface area contributed by atoms with E-state index in [0.29, 0.717) is 0 Å². The van der Waals surface area contributed by atoms with Gasteiger partial charge in [-0.1, -0.05) is 37.6 Å². The second kappa shape index (κ2) is 5.63. The van der Waals surface area contributed by atoms with Gasteiger partial charge in [0.2, 0.25) is 0 Å². The summed E-state index contributed by atoms with van der Waals surface area (Å²) in [6, 6.07) is 8.60. The molecule has 0 fully saturated rings. The largest absolute Gasteiger partial charge is 0.320 e. The minimum absolute atomic E-state index is 0.0492.